The van der Waals surface area contributed by atoms with E-state index in [0.29, 0.717) is 22.4 Å². The molecule has 1 aliphatic carbocycles. The maximum atomic E-state index is 13.7. The predicted molar refractivity (Wildman–Crippen MR) is 120 cm³/mol. The predicted octanol–water partition coefficient (Wildman–Crippen LogP) is 4.71. The van der Waals surface area contributed by atoms with E-state index in [1.807, 2.05) is 12.1 Å². The molecule has 0 radical (unpaired) electrons. The van der Waals surface area contributed by atoms with Gasteiger partial charge in [-0.1, -0.05) is 42.5 Å². The highest BCUT2D eigenvalue weighted by molar-refractivity contribution is 6.10. The third-order valence-corrected chi connectivity index (χ3v) is 6.56. The summed E-state index contributed by atoms with van der Waals surface area (Å²) >= 11 is 0. The number of carbonyl (C=O) groups excluding carboxylic acids is 2. The molecule has 32 heavy (non-hydrogen) atoms. The molecule has 0 aromatic heterocycles. The fourth-order valence-electron chi connectivity index (χ4n) is 4.89. The van der Waals surface area contributed by atoms with Gasteiger partial charge in [0.05, 0.1) is 18.7 Å². The summed E-state index contributed by atoms with van der Waals surface area (Å²) < 4.78 is 13.7. The molecule has 3 aromatic carbocycles. The molecule has 1 amide bonds. The SMILES string of the molecule is O=C(CC1(O)C(=O)N(Cc2cccc(F)c2)c2ccccc21)c1ccc2c(c1)CCCC2. The molecule has 5 heteroatoms. The molecular weight excluding hydrogens is 405 g/mol. The van der Waals surface area contributed by atoms with E-state index in [1.165, 1.54) is 28.2 Å². The molecule has 1 N–H and O–H groups in total. The van der Waals surface area contributed by atoms with Gasteiger partial charge >= 0.3 is 0 Å². The van der Waals surface area contributed by atoms with Crippen molar-refractivity contribution in [3.05, 3.63) is 100 Å². The van der Waals surface area contributed by atoms with Gasteiger partial charge in [0.25, 0.3) is 5.91 Å². The second-order valence-corrected chi connectivity index (χ2v) is 8.69. The molecule has 3 aromatic rings. The molecule has 0 saturated carbocycles. The maximum Gasteiger partial charge on any atom is 0.264 e. The van der Waals surface area contributed by atoms with Crippen molar-refractivity contribution in [1.29, 1.82) is 0 Å². The van der Waals surface area contributed by atoms with Crippen molar-refractivity contribution in [3.8, 4) is 0 Å². The zero-order valence-electron chi connectivity index (χ0n) is 17.7. The number of amides is 1. The number of para-hydroxylation sites is 1. The number of aryl methyl sites for hydroxylation is 2. The van der Waals surface area contributed by atoms with Crippen molar-refractivity contribution in [3.63, 3.8) is 0 Å². The minimum atomic E-state index is -1.95. The van der Waals surface area contributed by atoms with Crippen LogP contribution in [0.2, 0.25) is 0 Å². The second kappa shape index (κ2) is 7.99. The summed E-state index contributed by atoms with van der Waals surface area (Å²) in [5.74, 6) is -1.22. The van der Waals surface area contributed by atoms with Crippen LogP contribution in [0.3, 0.4) is 0 Å². The number of hydrogen-bond donors (Lipinski definition) is 1. The lowest BCUT2D eigenvalue weighted by Gasteiger charge is -2.23. The molecule has 0 fully saturated rings. The molecular formula is C27H24FNO3. The molecule has 0 spiro atoms. The third kappa shape index (κ3) is 3.53. The van der Waals surface area contributed by atoms with E-state index in [4.69, 9.17) is 0 Å². The molecule has 162 valence electrons. The van der Waals surface area contributed by atoms with Gasteiger partial charge in [0.1, 0.15) is 5.82 Å². The minimum absolute atomic E-state index is 0.114. The first-order chi connectivity index (χ1) is 15.5. The summed E-state index contributed by atoms with van der Waals surface area (Å²) in [5.41, 5.74) is 2.59. The van der Waals surface area contributed by atoms with Crippen molar-refractivity contribution >= 4 is 17.4 Å². The van der Waals surface area contributed by atoms with Gasteiger partial charge in [-0.2, -0.15) is 0 Å². The summed E-state index contributed by atoms with van der Waals surface area (Å²) in [4.78, 5) is 28.0. The fourth-order valence-corrected chi connectivity index (χ4v) is 4.89. The van der Waals surface area contributed by atoms with Gasteiger partial charge < -0.3 is 10.0 Å². The smallest absolute Gasteiger partial charge is 0.264 e. The Balaban J connectivity index is 1.45. The van der Waals surface area contributed by atoms with Crippen LogP contribution in [0.1, 0.15) is 51.9 Å². The van der Waals surface area contributed by atoms with E-state index in [-0.39, 0.29) is 24.6 Å². The summed E-state index contributed by atoms with van der Waals surface area (Å²) in [6, 6.07) is 18.7. The van der Waals surface area contributed by atoms with E-state index in [0.717, 1.165) is 25.7 Å². The number of fused-ring (bicyclic) bond motifs is 2. The number of ketones is 1. The number of carbonyl (C=O) groups is 2. The lowest BCUT2D eigenvalue weighted by molar-refractivity contribution is -0.136. The largest absolute Gasteiger partial charge is 0.375 e. The molecule has 0 saturated heterocycles. The molecule has 1 aliphatic heterocycles. The van der Waals surface area contributed by atoms with Gasteiger partial charge in [0, 0.05) is 11.1 Å². The Bertz CT molecular complexity index is 1220. The number of Topliss-reactive ketones (excluding diaryl/α,β-unsaturated/α-hetero) is 1. The van der Waals surface area contributed by atoms with Gasteiger partial charge in [0.15, 0.2) is 11.4 Å². The lowest BCUT2D eigenvalue weighted by Crippen LogP contribution is -2.41. The Morgan fingerprint density at radius 1 is 0.969 bits per heavy atom. The monoisotopic (exact) mass is 429 g/mol. The number of halogens is 1. The van der Waals surface area contributed by atoms with Crippen LogP contribution in [0.25, 0.3) is 0 Å². The zero-order valence-corrected chi connectivity index (χ0v) is 17.7. The Hall–Kier alpha value is -3.31. The van der Waals surface area contributed by atoms with Crippen LogP contribution >= 0.6 is 0 Å². The van der Waals surface area contributed by atoms with Crippen molar-refractivity contribution in [1.82, 2.24) is 0 Å². The first kappa shape index (κ1) is 20.6. The van der Waals surface area contributed by atoms with Crippen molar-refractivity contribution in [2.75, 3.05) is 4.90 Å². The van der Waals surface area contributed by atoms with Gasteiger partial charge in [-0.15, -0.1) is 0 Å². The second-order valence-electron chi connectivity index (χ2n) is 8.69. The highest BCUT2D eigenvalue weighted by Crippen LogP contribution is 2.43. The van der Waals surface area contributed by atoms with Crippen molar-refractivity contribution < 1.29 is 19.1 Å². The van der Waals surface area contributed by atoms with E-state index in [1.54, 1.807) is 42.5 Å². The first-order valence-electron chi connectivity index (χ1n) is 11.0. The summed E-state index contributed by atoms with van der Waals surface area (Å²) in [6.45, 7) is 0.114. The van der Waals surface area contributed by atoms with Crippen molar-refractivity contribution in [2.45, 2.75) is 44.2 Å². The van der Waals surface area contributed by atoms with Gasteiger partial charge in [0.2, 0.25) is 0 Å². The van der Waals surface area contributed by atoms with Crippen molar-refractivity contribution in [2.24, 2.45) is 0 Å². The summed E-state index contributed by atoms with van der Waals surface area (Å²) in [7, 11) is 0. The molecule has 2 aliphatic rings. The van der Waals surface area contributed by atoms with Crippen LogP contribution in [0.15, 0.2) is 66.7 Å². The van der Waals surface area contributed by atoms with Gasteiger partial charge in [-0.05, 0) is 66.6 Å². The van der Waals surface area contributed by atoms with E-state index in [9.17, 15) is 19.1 Å². The van der Waals surface area contributed by atoms with Crippen LogP contribution in [-0.2, 0) is 29.8 Å². The molecule has 4 nitrogen and oxygen atoms in total. The standard InChI is InChI=1S/C27H24FNO3/c28-22-9-5-6-18(14-22)17-29-24-11-4-3-10-23(24)27(32,26(29)31)16-25(30)21-13-12-19-7-1-2-8-20(19)15-21/h3-6,9-15,32H,1-2,7-8,16-17H2. The number of anilines is 1. The summed E-state index contributed by atoms with van der Waals surface area (Å²) in [6.07, 6.45) is 3.90. The molecule has 1 unspecified atom stereocenters. The Morgan fingerprint density at radius 2 is 1.75 bits per heavy atom. The van der Waals surface area contributed by atoms with E-state index < -0.39 is 11.5 Å². The van der Waals surface area contributed by atoms with E-state index in [2.05, 4.69) is 0 Å². The minimum Gasteiger partial charge on any atom is -0.375 e. The lowest BCUT2D eigenvalue weighted by atomic mass is 9.85. The topological polar surface area (TPSA) is 57.6 Å². The van der Waals surface area contributed by atoms with Crippen LogP contribution in [-0.4, -0.2) is 16.8 Å². The molecule has 1 heterocycles. The quantitative estimate of drug-likeness (QED) is 0.598. The zero-order chi connectivity index (χ0) is 22.3. The normalized spacial score (nSPS) is 19.6. The van der Waals surface area contributed by atoms with Gasteiger partial charge in [-0.3, -0.25) is 9.59 Å². The average Bonchev–Trinajstić information content (AvgIpc) is 3.01. The number of hydrogen-bond acceptors (Lipinski definition) is 3. The van der Waals surface area contributed by atoms with Gasteiger partial charge in [-0.25, -0.2) is 4.39 Å². The van der Waals surface area contributed by atoms with Crippen LogP contribution in [0.4, 0.5) is 10.1 Å². The third-order valence-electron chi connectivity index (χ3n) is 6.56. The fraction of sp³-hybridized carbons (Fsp3) is 0.259. The first-order valence-corrected chi connectivity index (χ1v) is 11.0. The van der Waals surface area contributed by atoms with Crippen LogP contribution in [0, 0.1) is 5.82 Å². The molecule has 5 rings (SSSR count). The average molecular weight is 429 g/mol. The Kier molecular flexibility index (Phi) is 5.14. The highest BCUT2D eigenvalue weighted by Gasteiger charge is 2.50. The van der Waals surface area contributed by atoms with Crippen LogP contribution < -0.4 is 4.90 Å². The number of aliphatic hydroxyl groups is 1. The maximum absolute atomic E-state index is 13.7. The van der Waals surface area contributed by atoms with Crippen LogP contribution in [0.5, 0.6) is 0 Å². The molecule has 1 atom stereocenters. The highest BCUT2D eigenvalue weighted by atomic mass is 19.1. The summed E-state index contributed by atoms with van der Waals surface area (Å²) in [5, 5.41) is 11.5. The number of nitrogens with zero attached hydrogens (tertiary/aromatic N) is 1. The Morgan fingerprint density at radius 3 is 2.56 bits per heavy atom. The number of rotatable bonds is 5. The molecule has 0 bridgehead atoms. The van der Waals surface area contributed by atoms with E-state index >= 15 is 0 Å². The Labute approximate surface area is 186 Å². The number of benzene rings is 3.